The lowest BCUT2D eigenvalue weighted by molar-refractivity contribution is 0.0965. The molecule has 0 fully saturated rings. The highest BCUT2D eigenvalue weighted by Crippen LogP contribution is 2.36. The van der Waals surface area contributed by atoms with E-state index in [2.05, 4.69) is 6.07 Å². The summed E-state index contributed by atoms with van der Waals surface area (Å²) in [6, 6.07) is 13.5. The van der Waals surface area contributed by atoms with Crippen LogP contribution < -0.4 is 4.74 Å². The largest absolute Gasteiger partial charge is 0.493 e. The van der Waals surface area contributed by atoms with Crippen molar-refractivity contribution in [3.63, 3.8) is 0 Å². The van der Waals surface area contributed by atoms with Crippen LogP contribution in [0.1, 0.15) is 40.2 Å². The van der Waals surface area contributed by atoms with Crippen LogP contribution in [0.4, 0.5) is 0 Å². The molecule has 1 aliphatic rings. The van der Waals surface area contributed by atoms with Gasteiger partial charge in [0.2, 0.25) is 0 Å². The molecule has 0 aliphatic carbocycles. The standard InChI is InChI=1S/C18H17ClO2/c1-12-6-7-14(19)11-16(12)17(20)10-13-8-9-21-18-5-3-2-4-15(13)18/h2-7,11,13H,8-10H2,1H3. The molecule has 21 heavy (non-hydrogen) atoms. The van der Waals surface area contributed by atoms with Crippen LogP contribution >= 0.6 is 11.6 Å². The van der Waals surface area contributed by atoms with Crippen molar-refractivity contribution in [2.75, 3.05) is 6.61 Å². The highest BCUT2D eigenvalue weighted by atomic mass is 35.5. The zero-order valence-corrected chi connectivity index (χ0v) is 12.7. The van der Waals surface area contributed by atoms with Crippen molar-refractivity contribution in [2.45, 2.75) is 25.7 Å². The third-order valence-electron chi connectivity index (χ3n) is 4.01. The lowest BCUT2D eigenvalue weighted by Gasteiger charge is -2.25. The van der Waals surface area contributed by atoms with E-state index in [4.69, 9.17) is 16.3 Å². The fraction of sp³-hybridized carbons (Fsp3) is 0.278. The van der Waals surface area contributed by atoms with Crippen molar-refractivity contribution in [3.05, 3.63) is 64.2 Å². The summed E-state index contributed by atoms with van der Waals surface area (Å²) in [7, 11) is 0. The number of fused-ring (bicyclic) bond motifs is 1. The number of benzene rings is 2. The highest BCUT2D eigenvalue weighted by molar-refractivity contribution is 6.31. The van der Waals surface area contributed by atoms with E-state index in [0.717, 1.165) is 28.9 Å². The van der Waals surface area contributed by atoms with Gasteiger partial charge in [-0.05, 0) is 48.6 Å². The minimum Gasteiger partial charge on any atom is -0.493 e. The molecule has 1 unspecified atom stereocenters. The molecule has 3 heteroatoms. The van der Waals surface area contributed by atoms with Crippen LogP contribution in [0.25, 0.3) is 0 Å². The molecule has 2 aromatic rings. The van der Waals surface area contributed by atoms with Gasteiger partial charge in [-0.25, -0.2) is 0 Å². The van der Waals surface area contributed by atoms with E-state index in [1.54, 1.807) is 6.07 Å². The molecule has 2 aromatic carbocycles. The van der Waals surface area contributed by atoms with Gasteiger partial charge in [-0.2, -0.15) is 0 Å². The molecule has 2 nitrogen and oxygen atoms in total. The maximum absolute atomic E-state index is 12.6. The molecule has 108 valence electrons. The van der Waals surface area contributed by atoms with Gasteiger partial charge < -0.3 is 4.74 Å². The van der Waals surface area contributed by atoms with E-state index >= 15 is 0 Å². The number of para-hydroxylation sites is 1. The van der Waals surface area contributed by atoms with Crippen molar-refractivity contribution < 1.29 is 9.53 Å². The fourth-order valence-corrected chi connectivity index (χ4v) is 3.03. The Morgan fingerprint density at radius 1 is 1.29 bits per heavy atom. The monoisotopic (exact) mass is 300 g/mol. The Bertz CT molecular complexity index is 679. The topological polar surface area (TPSA) is 26.3 Å². The molecule has 3 rings (SSSR count). The number of carbonyl (C=O) groups is 1. The molecular weight excluding hydrogens is 284 g/mol. The van der Waals surface area contributed by atoms with Crippen molar-refractivity contribution in [1.82, 2.24) is 0 Å². The fourth-order valence-electron chi connectivity index (χ4n) is 2.86. The summed E-state index contributed by atoms with van der Waals surface area (Å²) in [6.07, 6.45) is 1.38. The number of rotatable bonds is 3. The van der Waals surface area contributed by atoms with Gasteiger partial charge >= 0.3 is 0 Å². The predicted octanol–water partition coefficient (Wildman–Crippen LogP) is 4.79. The van der Waals surface area contributed by atoms with Crippen LogP contribution in [0.3, 0.4) is 0 Å². The van der Waals surface area contributed by atoms with E-state index in [1.165, 1.54) is 0 Å². The number of hydrogen-bond acceptors (Lipinski definition) is 2. The average molecular weight is 301 g/mol. The number of ether oxygens (including phenoxy) is 1. The zero-order chi connectivity index (χ0) is 14.8. The van der Waals surface area contributed by atoms with Gasteiger partial charge in [-0.3, -0.25) is 4.79 Å². The third-order valence-corrected chi connectivity index (χ3v) is 4.25. The highest BCUT2D eigenvalue weighted by Gasteiger charge is 2.24. The van der Waals surface area contributed by atoms with Crippen LogP contribution in [-0.2, 0) is 0 Å². The number of Topliss-reactive ketones (excluding diaryl/α,β-unsaturated/α-hetero) is 1. The Morgan fingerprint density at radius 3 is 2.95 bits per heavy atom. The molecule has 1 atom stereocenters. The smallest absolute Gasteiger partial charge is 0.163 e. The second kappa shape index (κ2) is 5.90. The second-order valence-electron chi connectivity index (χ2n) is 5.46. The molecule has 1 heterocycles. The molecule has 1 aliphatic heterocycles. The van der Waals surface area contributed by atoms with Gasteiger partial charge in [-0.15, -0.1) is 0 Å². The van der Waals surface area contributed by atoms with Crippen LogP contribution in [-0.4, -0.2) is 12.4 Å². The van der Waals surface area contributed by atoms with Gasteiger partial charge in [0, 0.05) is 17.0 Å². The number of hydrogen-bond donors (Lipinski definition) is 0. The molecule has 0 spiro atoms. The predicted molar refractivity (Wildman–Crippen MR) is 84.4 cm³/mol. The Labute approximate surface area is 129 Å². The number of carbonyl (C=O) groups excluding carboxylic acids is 1. The van der Waals surface area contributed by atoms with Gasteiger partial charge in [0.05, 0.1) is 6.61 Å². The Morgan fingerprint density at radius 2 is 2.10 bits per heavy atom. The molecule has 0 N–H and O–H groups in total. The van der Waals surface area contributed by atoms with Crippen molar-refractivity contribution in [3.8, 4) is 5.75 Å². The summed E-state index contributed by atoms with van der Waals surface area (Å²) in [4.78, 5) is 12.6. The lowest BCUT2D eigenvalue weighted by Crippen LogP contribution is -2.17. The summed E-state index contributed by atoms with van der Waals surface area (Å²) < 4.78 is 5.65. The van der Waals surface area contributed by atoms with E-state index in [1.807, 2.05) is 37.3 Å². The van der Waals surface area contributed by atoms with E-state index in [0.29, 0.717) is 18.1 Å². The molecule has 0 radical (unpaired) electrons. The molecule has 0 saturated carbocycles. The van der Waals surface area contributed by atoms with Gasteiger partial charge in [-0.1, -0.05) is 35.9 Å². The summed E-state index contributed by atoms with van der Waals surface area (Å²) in [5.41, 5.74) is 2.84. The maximum atomic E-state index is 12.6. The second-order valence-corrected chi connectivity index (χ2v) is 5.89. The van der Waals surface area contributed by atoms with Crippen LogP contribution in [0, 0.1) is 6.92 Å². The van der Waals surface area contributed by atoms with Crippen LogP contribution in [0.5, 0.6) is 5.75 Å². The van der Waals surface area contributed by atoms with Crippen molar-refractivity contribution in [2.24, 2.45) is 0 Å². The minimum atomic E-state index is 0.150. The Balaban J connectivity index is 1.84. The average Bonchev–Trinajstić information content (AvgIpc) is 2.50. The van der Waals surface area contributed by atoms with Crippen molar-refractivity contribution in [1.29, 1.82) is 0 Å². The SMILES string of the molecule is Cc1ccc(Cl)cc1C(=O)CC1CCOc2ccccc21. The third kappa shape index (κ3) is 2.96. The Hall–Kier alpha value is -1.80. The number of halogens is 1. The molecule has 0 amide bonds. The van der Waals surface area contributed by atoms with Crippen LogP contribution in [0.15, 0.2) is 42.5 Å². The van der Waals surface area contributed by atoms with E-state index in [9.17, 15) is 4.79 Å². The van der Waals surface area contributed by atoms with Gasteiger partial charge in [0.25, 0.3) is 0 Å². The molecule has 0 aromatic heterocycles. The van der Waals surface area contributed by atoms with Gasteiger partial charge in [0.1, 0.15) is 5.75 Å². The summed E-state index contributed by atoms with van der Waals surface area (Å²) in [5, 5.41) is 0.608. The first-order valence-electron chi connectivity index (χ1n) is 7.16. The summed E-state index contributed by atoms with van der Waals surface area (Å²) in [5.74, 6) is 1.28. The van der Waals surface area contributed by atoms with Gasteiger partial charge in [0.15, 0.2) is 5.78 Å². The first-order chi connectivity index (χ1) is 10.1. The lowest BCUT2D eigenvalue weighted by atomic mass is 9.86. The Kier molecular flexibility index (Phi) is 3.98. The van der Waals surface area contributed by atoms with E-state index in [-0.39, 0.29) is 11.7 Å². The molecule has 0 saturated heterocycles. The zero-order valence-electron chi connectivity index (χ0n) is 11.9. The maximum Gasteiger partial charge on any atom is 0.163 e. The molecular formula is C18H17ClO2. The van der Waals surface area contributed by atoms with E-state index < -0.39 is 0 Å². The normalized spacial score (nSPS) is 17.0. The first kappa shape index (κ1) is 14.2. The molecule has 0 bridgehead atoms. The summed E-state index contributed by atoms with van der Waals surface area (Å²) >= 11 is 6.01. The number of aryl methyl sites for hydroxylation is 1. The quantitative estimate of drug-likeness (QED) is 0.762. The minimum absolute atomic E-state index is 0.150. The summed E-state index contributed by atoms with van der Waals surface area (Å²) in [6.45, 7) is 2.62. The first-order valence-corrected chi connectivity index (χ1v) is 7.54. The van der Waals surface area contributed by atoms with Crippen molar-refractivity contribution >= 4 is 17.4 Å². The number of ketones is 1. The van der Waals surface area contributed by atoms with Crippen LogP contribution in [0.2, 0.25) is 5.02 Å².